The van der Waals surface area contributed by atoms with E-state index in [-0.39, 0.29) is 18.3 Å². The molecular formula is C12H19ClN2O. The summed E-state index contributed by atoms with van der Waals surface area (Å²) in [7, 11) is 0. The molecule has 0 saturated heterocycles. The molecule has 1 rings (SSSR count). The van der Waals surface area contributed by atoms with Gasteiger partial charge in [-0.25, -0.2) is 0 Å². The van der Waals surface area contributed by atoms with E-state index < -0.39 is 0 Å². The second-order valence-electron chi connectivity index (χ2n) is 3.44. The largest absolute Gasteiger partial charge is 0.337 e. The summed E-state index contributed by atoms with van der Waals surface area (Å²) in [6.45, 7) is 3.67. The van der Waals surface area contributed by atoms with Crippen molar-refractivity contribution in [3.8, 4) is 0 Å². The minimum atomic E-state index is 0. The van der Waals surface area contributed by atoms with Crippen molar-refractivity contribution in [3.05, 3.63) is 35.9 Å². The first-order chi connectivity index (χ1) is 7.27. The van der Waals surface area contributed by atoms with Crippen LogP contribution in [0.4, 0.5) is 0 Å². The van der Waals surface area contributed by atoms with Crippen LogP contribution in [0.2, 0.25) is 0 Å². The summed E-state index contributed by atoms with van der Waals surface area (Å²) in [4.78, 5) is 13.4. The van der Waals surface area contributed by atoms with Gasteiger partial charge in [0.2, 0.25) is 5.91 Å². The van der Waals surface area contributed by atoms with E-state index in [0.717, 1.165) is 5.56 Å². The second kappa shape index (κ2) is 8.13. The summed E-state index contributed by atoms with van der Waals surface area (Å²) >= 11 is 0. The number of nitrogens with zero attached hydrogens (tertiary/aromatic N) is 1. The Balaban J connectivity index is 0.00000225. The van der Waals surface area contributed by atoms with E-state index >= 15 is 0 Å². The molecular weight excluding hydrogens is 224 g/mol. The molecule has 0 unspecified atom stereocenters. The van der Waals surface area contributed by atoms with Crippen LogP contribution in [-0.4, -0.2) is 23.9 Å². The number of carbonyl (C=O) groups excluding carboxylic acids is 1. The summed E-state index contributed by atoms with van der Waals surface area (Å²) in [5.74, 6) is 0.157. The number of halogens is 1. The Hall–Kier alpha value is -1.06. The monoisotopic (exact) mass is 242 g/mol. The van der Waals surface area contributed by atoms with Crippen LogP contribution >= 0.6 is 12.4 Å². The lowest BCUT2D eigenvalue weighted by Crippen LogP contribution is -2.34. The molecule has 3 nitrogen and oxygen atoms in total. The zero-order valence-corrected chi connectivity index (χ0v) is 10.4. The van der Waals surface area contributed by atoms with Crippen LogP contribution in [0.25, 0.3) is 0 Å². The van der Waals surface area contributed by atoms with Crippen molar-refractivity contribution in [3.63, 3.8) is 0 Å². The van der Waals surface area contributed by atoms with Gasteiger partial charge in [-0.05, 0) is 5.56 Å². The van der Waals surface area contributed by atoms with E-state index in [1.165, 1.54) is 0 Å². The third-order valence-electron chi connectivity index (χ3n) is 2.27. The molecule has 4 heteroatoms. The van der Waals surface area contributed by atoms with E-state index in [4.69, 9.17) is 5.73 Å². The van der Waals surface area contributed by atoms with Crippen molar-refractivity contribution in [2.75, 3.05) is 13.1 Å². The van der Waals surface area contributed by atoms with Crippen molar-refractivity contribution < 1.29 is 4.79 Å². The predicted molar refractivity (Wildman–Crippen MR) is 68.5 cm³/mol. The highest BCUT2D eigenvalue weighted by atomic mass is 35.5. The lowest BCUT2D eigenvalue weighted by atomic mass is 10.2. The molecule has 2 N–H and O–H groups in total. The summed E-state index contributed by atoms with van der Waals surface area (Å²) in [5.41, 5.74) is 6.63. The fourth-order valence-corrected chi connectivity index (χ4v) is 1.48. The van der Waals surface area contributed by atoms with Crippen LogP contribution in [-0.2, 0) is 11.3 Å². The Kier molecular flexibility index (Phi) is 7.60. The average Bonchev–Trinajstić information content (AvgIpc) is 2.29. The van der Waals surface area contributed by atoms with Gasteiger partial charge in [0.05, 0.1) is 0 Å². The molecule has 0 atom stereocenters. The van der Waals surface area contributed by atoms with Crippen molar-refractivity contribution in [1.82, 2.24) is 4.90 Å². The molecule has 0 aliphatic carbocycles. The van der Waals surface area contributed by atoms with E-state index in [9.17, 15) is 4.79 Å². The SMILES string of the molecule is CCC(=O)N(CCN)Cc1ccccc1.Cl. The molecule has 0 aromatic heterocycles. The van der Waals surface area contributed by atoms with Gasteiger partial charge in [0.15, 0.2) is 0 Å². The standard InChI is InChI=1S/C12H18N2O.ClH/c1-2-12(15)14(9-8-13)10-11-6-4-3-5-7-11;/h3-7H,2,8-10,13H2,1H3;1H. The first-order valence-corrected chi connectivity index (χ1v) is 5.29. The van der Waals surface area contributed by atoms with Gasteiger partial charge in [0.25, 0.3) is 0 Å². The van der Waals surface area contributed by atoms with Gasteiger partial charge in [0.1, 0.15) is 0 Å². The molecule has 0 heterocycles. The summed E-state index contributed by atoms with van der Waals surface area (Å²) in [6, 6.07) is 9.97. The highest BCUT2D eigenvalue weighted by molar-refractivity contribution is 5.85. The summed E-state index contributed by atoms with van der Waals surface area (Å²) in [5, 5.41) is 0. The Labute approximate surface area is 103 Å². The fraction of sp³-hybridized carbons (Fsp3) is 0.417. The van der Waals surface area contributed by atoms with Gasteiger partial charge in [0, 0.05) is 26.1 Å². The number of rotatable bonds is 5. The van der Waals surface area contributed by atoms with Gasteiger partial charge >= 0.3 is 0 Å². The predicted octanol–water partition coefficient (Wildman–Crippen LogP) is 1.81. The first kappa shape index (κ1) is 14.9. The number of hydrogen-bond acceptors (Lipinski definition) is 2. The Morgan fingerprint density at radius 2 is 1.94 bits per heavy atom. The van der Waals surface area contributed by atoms with Crippen LogP contribution in [0.5, 0.6) is 0 Å². The van der Waals surface area contributed by atoms with Crippen molar-refractivity contribution in [1.29, 1.82) is 0 Å². The molecule has 0 saturated carbocycles. The number of hydrogen-bond donors (Lipinski definition) is 1. The minimum absolute atomic E-state index is 0. The van der Waals surface area contributed by atoms with E-state index in [1.807, 2.05) is 37.3 Å². The summed E-state index contributed by atoms with van der Waals surface area (Å²) in [6.07, 6.45) is 0.535. The van der Waals surface area contributed by atoms with Gasteiger partial charge in [-0.2, -0.15) is 0 Å². The van der Waals surface area contributed by atoms with Crippen LogP contribution in [0, 0.1) is 0 Å². The lowest BCUT2D eigenvalue weighted by Gasteiger charge is -2.21. The maximum Gasteiger partial charge on any atom is 0.222 e. The average molecular weight is 243 g/mol. The molecule has 0 aliphatic rings. The molecule has 0 spiro atoms. The zero-order chi connectivity index (χ0) is 11.1. The Bertz CT molecular complexity index is 303. The van der Waals surface area contributed by atoms with Crippen molar-refractivity contribution in [2.24, 2.45) is 5.73 Å². The second-order valence-corrected chi connectivity index (χ2v) is 3.44. The Morgan fingerprint density at radius 3 is 2.44 bits per heavy atom. The highest BCUT2D eigenvalue weighted by Crippen LogP contribution is 2.05. The van der Waals surface area contributed by atoms with Gasteiger partial charge in [-0.3, -0.25) is 4.79 Å². The van der Waals surface area contributed by atoms with E-state index in [2.05, 4.69) is 0 Å². The van der Waals surface area contributed by atoms with E-state index in [1.54, 1.807) is 4.90 Å². The fourth-order valence-electron chi connectivity index (χ4n) is 1.48. The van der Waals surface area contributed by atoms with Crippen molar-refractivity contribution >= 4 is 18.3 Å². The van der Waals surface area contributed by atoms with E-state index in [0.29, 0.717) is 26.1 Å². The van der Waals surface area contributed by atoms with Crippen molar-refractivity contribution in [2.45, 2.75) is 19.9 Å². The molecule has 1 amide bonds. The summed E-state index contributed by atoms with van der Waals surface area (Å²) < 4.78 is 0. The number of carbonyl (C=O) groups is 1. The normalized spacial score (nSPS) is 9.38. The minimum Gasteiger partial charge on any atom is -0.337 e. The number of nitrogens with two attached hydrogens (primary N) is 1. The van der Waals surface area contributed by atoms with Crippen LogP contribution < -0.4 is 5.73 Å². The quantitative estimate of drug-likeness (QED) is 0.856. The Morgan fingerprint density at radius 1 is 1.31 bits per heavy atom. The molecule has 0 radical (unpaired) electrons. The van der Waals surface area contributed by atoms with Crippen LogP contribution in [0.1, 0.15) is 18.9 Å². The third kappa shape index (κ3) is 4.64. The molecule has 90 valence electrons. The molecule has 16 heavy (non-hydrogen) atoms. The van der Waals surface area contributed by atoms with Gasteiger partial charge in [-0.15, -0.1) is 12.4 Å². The maximum absolute atomic E-state index is 11.6. The van der Waals surface area contributed by atoms with Crippen LogP contribution in [0.3, 0.4) is 0 Å². The first-order valence-electron chi connectivity index (χ1n) is 5.29. The number of benzene rings is 1. The smallest absolute Gasteiger partial charge is 0.222 e. The number of amides is 1. The van der Waals surface area contributed by atoms with Crippen LogP contribution in [0.15, 0.2) is 30.3 Å². The molecule has 1 aromatic rings. The highest BCUT2D eigenvalue weighted by Gasteiger charge is 2.10. The molecule has 0 aliphatic heterocycles. The molecule has 0 bridgehead atoms. The van der Waals surface area contributed by atoms with Gasteiger partial charge < -0.3 is 10.6 Å². The maximum atomic E-state index is 11.6. The molecule has 0 fully saturated rings. The topological polar surface area (TPSA) is 46.3 Å². The molecule has 1 aromatic carbocycles. The third-order valence-corrected chi connectivity index (χ3v) is 2.27. The zero-order valence-electron chi connectivity index (χ0n) is 9.56. The van der Waals surface area contributed by atoms with Gasteiger partial charge in [-0.1, -0.05) is 37.3 Å². The lowest BCUT2D eigenvalue weighted by molar-refractivity contribution is -0.131.